The molecule has 0 amide bonds. The third kappa shape index (κ3) is 7.35. The Labute approximate surface area is 213 Å². The number of thioether (sulfide) groups is 1. The number of aromatic amines is 1. The number of unbranched alkanes of at least 4 members (excludes halogenated alkanes) is 1. The van der Waals surface area contributed by atoms with Crippen molar-refractivity contribution in [3.05, 3.63) is 58.0 Å². The first-order valence-corrected chi connectivity index (χ1v) is 12.1. The molecule has 0 fully saturated rings. The molecule has 0 aliphatic carbocycles. The van der Waals surface area contributed by atoms with Gasteiger partial charge < -0.3 is 10.2 Å². The molecule has 0 saturated carbocycles. The molecule has 0 atom stereocenters. The lowest BCUT2D eigenvalue weighted by Crippen LogP contribution is -2.25. The standard InChI is InChI=1S/C23H23F4N7O2S/c1-34(6-4-3-5-28-19-11-32-33-22(36)20(19)23(25,26)27)13-31-18-8-16(17(24)7-14(18)12-35)21-29-9-15(37-2)10-30-21/h7-13H,3-6H2,1-2H3,(H2,28,33,36)/b31-13-. The Hall–Kier alpha value is -3.81. The Morgan fingerprint density at radius 1 is 1.19 bits per heavy atom. The minimum Gasteiger partial charge on any atom is -0.383 e. The van der Waals surface area contributed by atoms with Crippen LogP contribution in [-0.2, 0) is 6.18 Å². The van der Waals surface area contributed by atoms with Crippen LogP contribution in [-0.4, -0.2) is 64.1 Å². The number of nitrogens with one attached hydrogen (secondary N) is 2. The van der Waals surface area contributed by atoms with E-state index in [0.717, 1.165) is 17.2 Å². The maximum Gasteiger partial charge on any atom is 0.423 e. The van der Waals surface area contributed by atoms with Crippen molar-refractivity contribution in [2.24, 2.45) is 4.99 Å². The van der Waals surface area contributed by atoms with Gasteiger partial charge in [0.2, 0.25) is 0 Å². The molecule has 0 spiro atoms. The zero-order chi connectivity index (χ0) is 27.0. The first kappa shape index (κ1) is 27.8. The van der Waals surface area contributed by atoms with Gasteiger partial charge in [-0.3, -0.25) is 9.59 Å². The molecule has 37 heavy (non-hydrogen) atoms. The number of alkyl halides is 3. The number of hydrogen-bond acceptors (Lipinski definition) is 8. The zero-order valence-electron chi connectivity index (χ0n) is 19.8. The number of aliphatic imine (C=N–C) groups is 1. The van der Waals surface area contributed by atoms with Gasteiger partial charge in [0.25, 0.3) is 5.56 Å². The number of benzene rings is 1. The van der Waals surface area contributed by atoms with Crippen LogP contribution in [0.3, 0.4) is 0 Å². The average molecular weight is 538 g/mol. The molecular formula is C23H23F4N7O2S. The Balaban J connectivity index is 1.59. The minimum absolute atomic E-state index is 0.0581. The predicted molar refractivity (Wildman–Crippen MR) is 133 cm³/mol. The molecule has 196 valence electrons. The van der Waals surface area contributed by atoms with Crippen molar-refractivity contribution in [2.45, 2.75) is 23.9 Å². The van der Waals surface area contributed by atoms with Crippen LogP contribution in [0.2, 0.25) is 0 Å². The van der Waals surface area contributed by atoms with Gasteiger partial charge in [-0.2, -0.15) is 18.3 Å². The fraction of sp³-hybridized carbons (Fsp3) is 0.304. The van der Waals surface area contributed by atoms with E-state index in [1.807, 2.05) is 6.26 Å². The lowest BCUT2D eigenvalue weighted by Gasteiger charge is -2.15. The number of aromatic nitrogens is 4. The minimum atomic E-state index is -4.81. The van der Waals surface area contributed by atoms with Crippen molar-refractivity contribution in [3.8, 4) is 11.4 Å². The molecule has 2 heterocycles. The molecule has 0 saturated heterocycles. The normalized spacial score (nSPS) is 11.6. The molecule has 0 radical (unpaired) electrons. The quantitative estimate of drug-likeness (QED) is 0.0924. The van der Waals surface area contributed by atoms with E-state index in [0.29, 0.717) is 25.7 Å². The first-order chi connectivity index (χ1) is 17.6. The lowest BCUT2D eigenvalue weighted by molar-refractivity contribution is -0.138. The van der Waals surface area contributed by atoms with Gasteiger partial charge in [-0.05, 0) is 31.2 Å². The third-order valence-corrected chi connectivity index (χ3v) is 5.82. The molecule has 0 aliphatic rings. The van der Waals surface area contributed by atoms with E-state index in [-0.39, 0.29) is 34.9 Å². The van der Waals surface area contributed by atoms with Crippen molar-refractivity contribution in [2.75, 3.05) is 31.7 Å². The smallest absolute Gasteiger partial charge is 0.383 e. The van der Waals surface area contributed by atoms with Gasteiger partial charge in [-0.15, -0.1) is 11.8 Å². The molecule has 9 nitrogen and oxygen atoms in total. The van der Waals surface area contributed by atoms with Gasteiger partial charge in [0, 0.05) is 43.0 Å². The van der Waals surface area contributed by atoms with Crippen LogP contribution >= 0.6 is 11.8 Å². The predicted octanol–water partition coefficient (Wildman–Crippen LogP) is 4.40. The number of aldehydes is 1. The number of carbonyl (C=O) groups excluding carboxylic acids is 1. The Kier molecular flexibility index (Phi) is 9.33. The van der Waals surface area contributed by atoms with E-state index in [1.54, 1.807) is 29.4 Å². The molecule has 0 bridgehead atoms. The molecule has 3 rings (SSSR count). The lowest BCUT2D eigenvalue weighted by atomic mass is 10.1. The second kappa shape index (κ2) is 12.4. The molecule has 3 aromatic rings. The van der Waals surface area contributed by atoms with Crippen LogP contribution in [0, 0.1) is 5.82 Å². The van der Waals surface area contributed by atoms with Gasteiger partial charge >= 0.3 is 6.18 Å². The van der Waals surface area contributed by atoms with Crippen molar-refractivity contribution in [1.29, 1.82) is 0 Å². The number of halogens is 4. The van der Waals surface area contributed by atoms with Crippen molar-refractivity contribution in [3.63, 3.8) is 0 Å². The van der Waals surface area contributed by atoms with Crippen LogP contribution in [0.25, 0.3) is 11.4 Å². The summed E-state index contributed by atoms with van der Waals surface area (Å²) in [6.07, 6.45) is 4.17. The van der Waals surface area contributed by atoms with Crippen molar-refractivity contribution in [1.82, 2.24) is 25.1 Å². The van der Waals surface area contributed by atoms with Gasteiger partial charge in [0.15, 0.2) is 12.1 Å². The number of H-pyrrole nitrogens is 1. The SMILES string of the molecule is CSc1cnc(-c2cc(/N=C\N(C)CCCCNc3cn[nH]c(=O)c3C(F)(F)F)c(C=O)cc2F)nc1. The van der Waals surface area contributed by atoms with E-state index < -0.39 is 23.1 Å². The number of hydrogen-bond donors (Lipinski definition) is 2. The second-order valence-corrected chi connectivity index (χ2v) is 8.68. The molecule has 2 aromatic heterocycles. The van der Waals surface area contributed by atoms with Crippen molar-refractivity contribution < 1.29 is 22.4 Å². The Morgan fingerprint density at radius 3 is 2.57 bits per heavy atom. The van der Waals surface area contributed by atoms with E-state index in [4.69, 9.17) is 0 Å². The molecule has 1 aromatic carbocycles. The summed E-state index contributed by atoms with van der Waals surface area (Å²) in [6.45, 7) is 0.680. The van der Waals surface area contributed by atoms with E-state index in [9.17, 15) is 27.2 Å². The van der Waals surface area contributed by atoms with Crippen LogP contribution in [0.1, 0.15) is 28.8 Å². The summed E-state index contributed by atoms with van der Waals surface area (Å²) in [5.74, 6) is -0.488. The maximum absolute atomic E-state index is 14.6. The van der Waals surface area contributed by atoms with Gasteiger partial charge in [-0.1, -0.05) is 0 Å². The summed E-state index contributed by atoms with van der Waals surface area (Å²) in [5, 5.41) is 7.79. The van der Waals surface area contributed by atoms with Gasteiger partial charge in [0.05, 0.1) is 29.5 Å². The molecule has 2 N–H and O–H groups in total. The highest BCUT2D eigenvalue weighted by Gasteiger charge is 2.37. The summed E-state index contributed by atoms with van der Waals surface area (Å²) in [6, 6.07) is 2.47. The summed E-state index contributed by atoms with van der Waals surface area (Å²) >= 11 is 1.45. The molecule has 0 aliphatic heterocycles. The fourth-order valence-corrected chi connectivity index (χ4v) is 3.57. The summed E-state index contributed by atoms with van der Waals surface area (Å²) in [4.78, 5) is 38.1. The monoisotopic (exact) mass is 537 g/mol. The highest BCUT2D eigenvalue weighted by atomic mass is 32.2. The van der Waals surface area contributed by atoms with Crippen LogP contribution in [0.5, 0.6) is 0 Å². The maximum atomic E-state index is 14.6. The van der Waals surface area contributed by atoms with E-state index in [1.165, 1.54) is 24.2 Å². The summed E-state index contributed by atoms with van der Waals surface area (Å²) < 4.78 is 53.8. The number of rotatable bonds is 11. The average Bonchev–Trinajstić information content (AvgIpc) is 2.86. The molecular weight excluding hydrogens is 514 g/mol. The zero-order valence-corrected chi connectivity index (χ0v) is 20.7. The van der Waals surface area contributed by atoms with Crippen LogP contribution < -0.4 is 10.9 Å². The summed E-state index contributed by atoms with van der Waals surface area (Å²) in [5.41, 5.74) is -2.61. The van der Waals surface area contributed by atoms with Crippen molar-refractivity contribution >= 4 is 35.8 Å². The fourth-order valence-electron chi connectivity index (χ4n) is 3.26. The number of anilines is 1. The number of nitrogens with zero attached hydrogens (tertiary/aromatic N) is 5. The van der Waals surface area contributed by atoms with Gasteiger partial charge in [0.1, 0.15) is 11.4 Å². The van der Waals surface area contributed by atoms with E-state index >= 15 is 0 Å². The first-order valence-electron chi connectivity index (χ1n) is 10.9. The Bertz CT molecular complexity index is 1310. The summed E-state index contributed by atoms with van der Waals surface area (Å²) in [7, 11) is 1.73. The highest BCUT2D eigenvalue weighted by molar-refractivity contribution is 7.98. The number of carbonyl (C=O) groups is 1. The topological polar surface area (TPSA) is 116 Å². The van der Waals surface area contributed by atoms with E-state index in [2.05, 4.69) is 25.4 Å². The van der Waals surface area contributed by atoms with Crippen LogP contribution in [0.4, 0.5) is 28.9 Å². The molecule has 0 unspecified atom stereocenters. The largest absolute Gasteiger partial charge is 0.423 e. The highest BCUT2D eigenvalue weighted by Crippen LogP contribution is 2.31. The Morgan fingerprint density at radius 2 is 1.92 bits per heavy atom. The van der Waals surface area contributed by atoms with Crippen LogP contribution in [0.15, 0.2) is 45.4 Å². The second-order valence-electron chi connectivity index (χ2n) is 7.80. The molecule has 14 heteroatoms. The third-order valence-electron chi connectivity index (χ3n) is 5.13. The van der Waals surface area contributed by atoms with Gasteiger partial charge in [-0.25, -0.2) is 24.4 Å².